The van der Waals surface area contributed by atoms with Gasteiger partial charge < -0.3 is 19.3 Å². The number of carbonyl (C=O) groups excluding carboxylic acids is 1. The summed E-state index contributed by atoms with van der Waals surface area (Å²) in [6.45, 7) is 2.75. The van der Waals surface area contributed by atoms with E-state index >= 15 is 0 Å². The molecule has 1 unspecified atom stereocenters. The van der Waals surface area contributed by atoms with Crippen LogP contribution >= 0.6 is 0 Å². The van der Waals surface area contributed by atoms with E-state index in [0.717, 1.165) is 12.8 Å². The van der Waals surface area contributed by atoms with Crippen molar-refractivity contribution in [1.82, 2.24) is 10.1 Å². The number of β-amino-alcohol motifs (C(OH)–C–C–N with tert-alkyl or cyclic N) is 1. The van der Waals surface area contributed by atoms with Gasteiger partial charge in [0.1, 0.15) is 5.76 Å². The molecule has 0 spiro atoms. The minimum absolute atomic E-state index is 0.0707. The van der Waals surface area contributed by atoms with E-state index in [1.807, 2.05) is 0 Å². The van der Waals surface area contributed by atoms with Crippen molar-refractivity contribution >= 4 is 5.91 Å². The molecule has 6 nitrogen and oxygen atoms in total. The van der Waals surface area contributed by atoms with Gasteiger partial charge in [0.25, 0.3) is 11.8 Å². The molecule has 17 heavy (non-hydrogen) atoms. The molecule has 1 fully saturated rings. The molecule has 1 aliphatic rings. The molecule has 2 rings (SSSR count). The van der Waals surface area contributed by atoms with E-state index in [9.17, 15) is 9.90 Å². The van der Waals surface area contributed by atoms with Crippen molar-refractivity contribution < 1.29 is 19.2 Å². The van der Waals surface area contributed by atoms with Gasteiger partial charge in [0.05, 0.1) is 6.10 Å². The van der Waals surface area contributed by atoms with Gasteiger partial charge in [-0.25, -0.2) is 0 Å². The van der Waals surface area contributed by atoms with Gasteiger partial charge in [0, 0.05) is 19.2 Å². The van der Waals surface area contributed by atoms with Crippen molar-refractivity contribution in [2.45, 2.75) is 25.9 Å². The summed E-state index contributed by atoms with van der Waals surface area (Å²) >= 11 is 0. The Morgan fingerprint density at radius 3 is 3.24 bits per heavy atom. The lowest BCUT2D eigenvalue weighted by Gasteiger charge is -2.29. The van der Waals surface area contributed by atoms with Gasteiger partial charge in [0.2, 0.25) is 0 Å². The first-order valence-electron chi connectivity index (χ1n) is 5.67. The number of aryl methyl sites for hydroxylation is 1. The Labute approximate surface area is 99.1 Å². The summed E-state index contributed by atoms with van der Waals surface area (Å²) < 4.78 is 10.0. The van der Waals surface area contributed by atoms with Crippen LogP contribution in [0.1, 0.15) is 18.6 Å². The molecule has 1 atom stereocenters. The van der Waals surface area contributed by atoms with Crippen LogP contribution in [0.2, 0.25) is 0 Å². The second-order valence-corrected chi connectivity index (χ2v) is 4.20. The van der Waals surface area contributed by atoms with E-state index in [1.165, 1.54) is 0 Å². The maximum absolute atomic E-state index is 11.8. The largest absolute Gasteiger partial charge is 0.465 e. The van der Waals surface area contributed by atoms with E-state index in [-0.39, 0.29) is 12.5 Å². The van der Waals surface area contributed by atoms with Gasteiger partial charge in [-0.1, -0.05) is 0 Å². The molecule has 1 N–H and O–H groups in total. The smallest absolute Gasteiger partial charge is 0.260 e. The molecule has 6 heteroatoms. The van der Waals surface area contributed by atoms with E-state index < -0.39 is 6.10 Å². The molecule has 0 aliphatic carbocycles. The second-order valence-electron chi connectivity index (χ2n) is 4.20. The zero-order chi connectivity index (χ0) is 12.3. The summed E-state index contributed by atoms with van der Waals surface area (Å²) in [7, 11) is 0. The molecule has 0 radical (unpaired) electrons. The molecule has 1 aromatic heterocycles. The zero-order valence-corrected chi connectivity index (χ0v) is 9.76. The summed E-state index contributed by atoms with van der Waals surface area (Å²) in [5, 5.41) is 13.1. The van der Waals surface area contributed by atoms with Crippen molar-refractivity contribution in [3.63, 3.8) is 0 Å². The SMILES string of the molecule is Cc1cc(OCC(=O)N2CCCC(O)C2)no1. The number of aliphatic hydroxyl groups excluding tert-OH is 1. The number of hydrogen-bond acceptors (Lipinski definition) is 5. The highest BCUT2D eigenvalue weighted by Gasteiger charge is 2.22. The molecule has 1 aliphatic heterocycles. The summed E-state index contributed by atoms with van der Waals surface area (Å²) in [4.78, 5) is 13.4. The second kappa shape index (κ2) is 5.18. The van der Waals surface area contributed by atoms with Gasteiger partial charge in [0.15, 0.2) is 6.61 Å². The summed E-state index contributed by atoms with van der Waals surface area (Å²) in [5.41, 5.74) is 0. The van der Waals surface area contributed by atoms with Crippen LogP contribution in [-0.2, 0) is 4.79 Å². The summed E-state index contributed by atoms with van der Waals surface area (Å²) in [5.74, 6) is 0.818. The Balaban J connectivity index is 1.80. The van der Waals surface area contributed by atoms with Crippen LogP contribution in [-0.4, -0.2) is 46.9 Å². The monoisotopic (exact) mass is 240 g/mol. The van der Waals surface area contributed by atoms with E-state index in [0.29, 0.717) is 24.7 Å². The number of rotatable bonds is 3. The molecule has 1 saturated heterocycles. The van der Waals surface area contributed by atoms with Gasteiger partial charge in [-0.15, -0.1) is 0 Å². The fourth-order valence-electron chi connectivity index (χ4n) is 1.82. The number of piperidine rings is 1. The molecule has 0 aromatic carbocycles. The topological polar surface area (TPSA) is 75.8 Å². The highest BCUT2D eigenvalue weighted by Crippen LogP contribution is 2.12. The van der Waals surface area contributed by atoms with Crippen LogP contribution < -0.4 is 4.74 Å². The third-order valence-corrected chi connectivity index (χ3v) is 2.70. The van der Waals surface area contributed by atoms with E-state index in [1.54, 1.807) is 17.9 Å². The number of aliphatic hydroxyl groups is 1. The van der Waals surface area contributed by atoms with Crippen LogP contribution in [0.25, 0.3) is 0 Å². The van der Waals surface area contributed by atoms with E-state index in [4.69, 9.17) is 9.26 Å². The number of amides is 1. The zero-order valence-electron chi connectivity index (χ0n) is 9.76. The van der Waals surface area contributed by atoms with Gasteiger partial charge in [-0.2, -0.15) is 0 Å². The average Bonchev–Trinajstić information content (AvgIpc) is 2.72. The number of carbonyl (C=O) groups is 1. The van der Waals surface area contributed by atoms with Crippen LogP contribution in [0.4, 0.5) is 0 Å². The minimum Gasteiger partial charge on any atom is -0.465 e. The molecule has 0 saturated carbocycles. The number of likely N-dealkylation sites (tertiary alicyclic amines) is 1. The fraction of sp³-hybridized carbons (Fsp3) is 0.636. The number of hydrogen-bond donors (Lipinski definition) is 1. The number of aromatic nitrogens is 1. The standard InChI is InChI=1S/C11H16N2O4/c1-8-5-10(12-17-8)16-7-11(15)13-4-2-3-9(14)6-13/h5,9,14H,2-4,6-7H2,1H3. The van der Waals surface area contributed by atoms with Crippen LogP contribution in [0.5, 0.6) is 5.88 Å². The van der Waals surface area contributed by atoms with E-state index in [2.05, 4.69) is 5.16 Å². The lowest BCUT2D eigenvalue weighted by Crippen LogP contribution is -2.44. The number of nitrogens with zero attached hydrogens (tertiary/aromatic N) is 2. The van der Waals surface area contributed by atoms with Gasteiger partial charge in [-0.05, 0) is 24.9 Å². The Morgan fingerprint density at radius 2 is 2.59 bits per heavy atom. The molecule has 94 valence electrons. The molecular formula is C11H16N2O4. The fourth-order valence-corrected chi connectivity index (χ4v) is 1.82. The lowest BCUT2D eigenvalue weighted by molar-refractivity contribution is -0.136. The maximum atomic E-state index is 11.8. The van der Waals surface area contributed by atoms with Crippen LogP contribution in [0, 0.1) is 6.92 Å². The third-order valence-electron chi connectivity index (χ3n) is 2.70. The Kier molecular flexibility index (Phi) is 3.63. The first-order chi connectivity index (χ1) is 8.15. The van der Waals surface area contributed by atoms with Crippen molar-refractivity contribution in [3.8, 4) is 5.88 Å². The highest BCUT2D eigenvalue weighted by atomic mass is 16.5. The van der Waals surface area contributed by atoms with Gasteiger partial charge >= 0.3 is 0 Å². The van der Waals surface area contributed by atoms with Crippen LogP contribution in [0.3, 0.4) is 0 Å². The Morgan fingerprint density at radius 1 is 1.76 bits per heavy atom. The van der Waals surface area contributed by atoms with Crippen molar-refractivity contribution in [2.24, 2.45) is 0 Å². The molecule has 1 aromatic rings. The Hall–Kier alpha value is -1.56. The maximum Gasteiger partial charge on any atom is 0.260 e. The summed E-state index contributed by atoms with van der Waals surface area (Å²) in [6, 6.07) is 1.62. The quantitative estimate of drug-likeness (QED) is 0.824. The highest BCUT2D eigenvalue weighted by molar-refractivity contribution is 5.77. The predicted molar refractivity (Wildman–Crippen MR) is 58.6 cm³/mol. The Bertz CT molecular complexity index is 391. The van der Waals surface area contributed by atoms with Gasteiger partial charge in [-0.3, -0.25) is 4.79 Å². The lowest BCUT2D eigenvalue weighted by atomic mass is 10.1. The first-order valence-corrected chi connectivity index (χ1v) is 5.67. The molecule has 0 bridgehead atoms. The minimum atomic E-state index is -0.415. The molecule has 1 amide bonds. The normalized spacial score (nSPS) is 20.4. The molecule has 2 heterocycles. The predicted octanol–water partition coefficient (Wildman–Crippen LogP) is 0.345. The van der Waals surface area contributed by atoms with Crippen molar-refractivity contribution in [1.29, 1.82) is 0 Å². The van der Waals surface area contributed by atoms with Crippen LogP contribution in [0.15, 0.2) is 10.6 Å². The third kappa shape index (κ3) is 3.20. The van der Waals surface area contributed by atoms with Crippen molar-refractivity contribution in [2.75, 3.05) is 19.7 Å². The van der Waals surface area contributed by atoms with Crippen molar-refractivity contribution in [3.05, 3.63) is 11.8 Å². The molecular weight excluding hydrogens is 224 g/mol. The first kappa shape index (κ1) is 11.9. The number of ether oxygens (including phenoxy) is 1. The summed E-state index contributed by atoms with van der Waals surface area (Å²) in [6.07, 6.45) is 1.17. The average molecular weight is 240 g/mol.